The molecule has 2 aromatic rings. The van der Waals surface area contributed by atoms with E-state index in [9.17, 15) is 12.8 Å². The second kappa shape index (κ2) is 6.18. The van der Waals surface area contributed by atoms with E-state index in [0.717, 1.165) is 11.6 Å². The summed E-state index contributed by atoms with van der Waals surface area (Å²) in [6.45, 7) is 5.82. The predicted octanol–water partition coefficient (Wildman–Crippen LogP) is 3.89. The first-order valence-corrected chi connectivity index (χ1v) is 8.52. The largest absolute Gasteiger partial charge is 0.244 e. The highest BCUT2D eigenvalue weighted by molar-refractivity contribution is 7.89. The average Bonchev–Trinajstić information content (AvgIpc) is 2.45. The fourth-order valence-corrected chi connectivity index (χ4v) is 3.78. The van der Waals surface area contributed by atoms with E-state index in [4.69, 9.17) is 0 Å². The molecule has 0 saturated carbocycles. The number of hydrogen-bond acceptors (Lipinski definition) is 2. The smallest absolute Gasteiger partial charge is 0.207 e. The van der Waals surface area contributed by atoms with E-state index in [-0.39, 0.29) is 10.3 Å². The van der Waals surface area contributed by atoms with Crippen molar-refractivity contribution in [1.29, 1.82) is 0 Å². The molecular weight excluding hydrogens is 301 g/mol. The standard InChI is InChI=1S/C17H20FNO2S/c1-17(2,3)16(13-9-5-4-6-10-13)19-22(20,21)15-12-8-7-11-14(15)18/h4-12,16,19H,1-3H3. The Bertz CT molecular complexity index is 737. The van der Waals surface area contributed by atoms with Crippen molar-refractivity contribution in [2.24, 2.45) is 5.41 Å². The topological polar surface area (TPSA) is 46.2 Å². The fraction of sp³-hybridized carbons (Fsp3) is 0.294. The molecule has 22 heavy (non-hydrogen) atoms. The summed E-state index contributed by atoms with van der Waals surface area (Å²) in [5, 5.41) is 0. The third-order valence-corrected chi connectivity index (χ3v) is 4.85. The van der Waals surface area contributed by atoms with E-state index in [0.29, 0.717) is 0 Å². The molecule has 0 aromatic heterocycles. The molecule has 1 atom stereocenters. The Morgan fingerprint density at radius 2 is 1.50 bits per heavy atom. The van der Waals surface area contributed by atoms with Crippen LogP contribution >= 0.6 is 0 Å². The number of rotatable bonds is 4. The van der Waals surface area contributed by atoms with Crippen molar-refractivity contribution in [3.8, 4) is 0 Å². The van der Waals surface area contributed by atoms with Crippen LogP contribution in [0.15, 0.2) is 59.5 Å². The van der Waals surface area contributed by atoms with Gasteiger partial charge in [-0.2, -0.15) is 0 Å². The third kappa shape index (κ3) is 3.72. The summed E-state index contributed by atoms with van der Waals surface area (Å²) in [4.78, 5) is -0.333. The Hall–Kier alpha value is -1.72. The third-order valence-electron chi connectivity index (χ3n) is 3.40. The van der Waals surface area contributed by atoms with Gasteiger partial charge in [-0.15, -0.1) is 0 Å². The molecule has 3 nitrogen and oxygen atoms in total. The molecule has 0 fully saturated rings. The van der Waals surface area contributed by atoms with Crippen molar-refractivity contribution in [2.45, 2.75) is 31.7 Å². The zero-order chi connectivity index (χ0) is 16.4. The molecule has 0 heterocycles. The molecule has 0 spiro atoms. The van der Waals surface area contributed by atoms with Gasteiger partial charge in [0, 0.05) is 0 Å². The first-order chi connectivity index (χ1) is 10.2. The zero-order valence-corrected chi connectivity index (χ0v) is 13.7. The second-order valence-corrected chi connectivity index (χ2v) is 7.94. The number of benzene rings is 2. The van der Waals surface area contributed by atoms with Crippen LogP contribution in [0.2, 0.25) is 0 Å². The highest BCUT2D eigenvalue weighted by Crippen LogP contribution is 2.34. The molecule has 0 aliphatic rings. The Balaban J connectivity index is 2.42. The molecule has 0 aliphatic carbocycles. The molecule has 2 aromatic carbocycles. The van der Waals surface area contributed by atoms with Gasteiger partial charge in [0.2, 0.25) is 10.0 Å². The molecule has 5 heteroatoms. The van der Waals surface area contributed by atoms with Gasteiger partial charge in [-0.25, -0.2) is 17.5 Å². The van der Waals surface area contributed by atoms with Gasteiger partial charge in [-0.1, -0.05) is 63.2 Å². The minimum atomic E-state index is -3.95. The Labute approximate surface area is 131 Å². The molecule has 2 rings (SSSR count). The summed E-state index contributed by atoms with van der Waals surface area (Å²) in [7, 11) is -3.95. The van der Waals surface area contributed by atoms with Crippen molar-refractivity contribution >= 4 is 10.0 Å². The summed E-state index contributed by atoms with van der Waals surface area (Å²) in [6, 6.07) is 14.2. The summed E-state index contributed by atoms with van der Waals surface area (Å²) in [5.74, 6) is -0.754. The molecule has 118 valence electrons. The van der Waals surface area contributed by atoms with Crippen molar-refractivity contribution in [3.05, 3.63) is 66.0 Å². The SMILES string of the molecule is CC(C)(C)C(NS(=O)(=O)c1ccccc1F)c1ccccc1. The molecule has 1 N–H and O–H groups in total. The van der Waals surface area contributed by atoms with Crippen molar-refractivity contribution in [3.63, 3.8) is 0 Å². The van der Waals surface area contributed by atoms with Gasteiger partial charge in [-0.05, 0) is 23.1 Å². The first kappa shape index (κ1) is 16.6. The van der Waals surface area contributed by atoms with E-state index in [1.54, 1.807) is 0 Å². The number of sulfonamides is 1. The minimum absolute atomic E-state index is 0.333. The molecule has 0 saturated heterocycles. The summed E-state index contributed by atoms with van der Waals surface area (Å²) in [5.41, 5.74) is 0.481. The van der Waals surface area contributed by atoms with E-state index in [2.05, 4.69) is 4.72 Å². The van der Waals surface area contributed by atoms with E-state index in [1.807, 2.05) is 51.1 Å². The lowest BCUT2D eigenvalue weighted by molar-refractivity contribution is 0.304. The van der Waals surface area contributed by atoms with Crippen LogP contribution in [0.3, 0.4) is 0 Å². The Kier molecular flexibility index (Phi) is 4.68. The molecule has 0 aliphatic heterocycles. The lowest BCUT2D eigenvalue weighted by Gasteiger charge is -2.31. The molecule has 1 unspecified atom stereocenters. The maximum absolute atomic E-state index is 13.8. The Morgan fingerprint density at radius 1 is 0.955 bits per heavy atom. The van der Waals surface area contributed by atoms with Gasteiger partial charge in [-0.3, -0.25) is 0 Å². The highest BCUT2D eigenvalue weighted by Gasteiger charge is 2.31. The van der Waals surface area contributed by atoms with Crippen LogP contribution in [0.5, 0.6) is 0 Å². The molecule has 0 amide bonds. The summed E-state index contributed by atoms with van der Waals surface area (Å²) in [6.07, 6.45) is 0. The highest BCUT2D eigenvalue weighted by atomic mass is 32.2. The van der Waals surface area contributed by atoms with Crippen LogP contribution in [0.4, 0.5) is 4.39 Å². The Morgan fingerprint density at radius 3 is 2.05 bits per heavy atom. The van der Waals surface area contributed by atoms with Gasteiger partial charge >= 0.3 is 0 Å². The maximum atomic E-state index is 13.8. The van der Waals surface area contributed by atoms with Crippen LogP contribution in [-0.2, 0) is 10.0 Å². The van der Waals surface area contributed by atoms with Crippen LogP contribution in [0.1, 0.15) is 32.4 Å². The second-order valence-electron chi connectivity index (χ2n) is 6.26. The lowest BCUT2D eigenvalue weighted by Crippen LogP contribution is -2.36. The van der Waals surface area contributed by atoms with E-state index in [1.165, 1.54) is 18.2 Å². The zero-order valence-electron chi connectivity index (χ0n) is 12.9. The minimum Gasteiger partial charge on any atom is -0.207 e. The van der Waals surface area contributed by atoms with Crippen molar-refractivity contribution < 1.29 is 12.8 Å². The van der Waals surface area contributed by atoms with Crippen LogP contribution in [0.25, 0.3) is 0 Å². The lowest BCUT2D eigenvalue weighted by atomic mass is 9.83. The summed E-state index contributed by atoms with van der Waals surface area (Å²) < 4.78 is 41.5. The molecule has 0 radical (unpaired) electrons. The molecular formula is C17H20FNO2S. The van der Waals surface area contributed by atoms with Crippen LogP contribution in [0, 0.1) is 11.2 Å². The van der Waals surface area contributed by atoms with Crippen molar-refractivity contribution in [2.75, 3.05) is 0 Å². The van der Waals surface area contributed by atoms with Gasteiger partial charge in [0.05, 0.1) is 6.04 Å². The van der Waals surface area contributed by atoms with Gasteiger partial charge < -0.3 is 0 Å². The first-order valence-electron chi connectivity index (χ1n) is 7.03. The number of nitrogens with one attached hydrogen (secondary N) is 1. The van der Waals surface area contributed by atoms with Gasteiger partial charge in [0.1, 0.15) is 10.7 Å². The fourth-order valence-electron chi connectivity index (χ4n) is 2.27. The molecule has 0 bridgehead atoms. The monoisotopic (exact) mass is 321 g/mol. The number of hydrogen-bond donors (Lipinski definition) is 1. The van der Waals surface area contributed by atoms with Crippen molar-refractivity contribution in [1.82, 2.24) is 4.72 Å². The van der Waals surface area contributed by atoms with Gasteiger partial charge in [0.25, 0.3) is 0 Å². The van der Waals surface area contributed by atoms with Crippen LogP contribution < -0.4 is 4.72 Å². The predicted molar refractivity (Wildman–Crippen MR) is 85.4 cm³/mol. The van der Waals surface area contributed by atoms with Crippen LogP contribution in [-0.4, -0.2) is 8.42 Å². The number of halogens is 1. The van der Waals surface area contributed by atoms with E-state index >= 15 is 0 Å². The normalized spacial score (nSPS) is 13.8. The maximum Gasteiger partial charge on any atom is 0.244 e. The van der Waals surface area contributed by atoms with E-state index < -0.39 is 21.9 Å². The average molecular weight is 321 g/mol. The quantitative estimate of drug-likeness (QED) is 0.928. The van der Waals surface area contributed by atoms with Gasteiger partial charge in [0.15, 0.2) is 0 Å². The summed E-state index contributed by atoms with van der Waals surface area (Å²) >= 11 is 0.